The summed E-state index contributed by atoms with van der Waals surface area (Å²) in [7, 11) is 0. The van der Waals surface area contributed by atoms with Gasteiger partial charge in [-0.2, -0.15) is 0 Å². The minimum atomic E-state index is -0.854. The zero-order valence-corrected chi connectivity index (χ0v) is 18.6. The normalized spacial score (nSPS) is 15.1. The average molecular weight is 478 g/mol. The molecule has 0 spiro atoms. The van der Waals surface area contributed by atoms with Gasteiger partial charge in [-0.1, -0.05) is 48.9 Å². The molecule has 1 atom stereocenters. The Labute approximate surface area is 194 Å². The van der Waals surface area contributed by atoms with E-state index in [1.54, 1.807) is 18.5 Å². The van der Waals surface area contributed by atoms with Crippen molar-refractivity contribution in [3.8, 4) is 5.75 Å². The molecule has 10 heteroatoms. The van der Waals surface area contributed by atoms with Gasteiger partial charge in [0, 0.05) is 12.1 Å². The Bertz CT molecular complexity index is 1130. The number of hydrogen-bond donors (Lipinski definition) is 0. The molecule has 1 saturated carbocycles. The largest absolute Gasteiger partial charge is 0.514 e. The molecule has 0 saturated heterocycles. The lowest BCUT2D eigenvalue weighted by atomic mass is 10.00. The van der Waals surface area contributed by atoms with Crippen LogP contribution < -0.4 is 4.74 Å². The summed E-state index contributed by atoms with van der Waals surface area (Å²) in [6.07, 6.45) is 5.63. The maximum Gasteiger partial charge on any atom is 0.514 e. The lowest BCUT2D eigenvalue weighted by Gasteiger charge is -2.21. The van der Waals surface area contributed by atoms with Gasteiger partial charge in [0.05, 0.1) is 38.9 Å². The lowest BCUT2D eigenvalue weighted by Crippen LogP contribution is -2.27. The molecule has 168 valence electrons. The van der Waals surface area contributed by atoms with Gasteiger partial charge >= 0.3 is 6.16 Å². The Morgan fingerprint density at radius 3 is 2.56 bits per heavy atom. The van der Waals surface area contributed by atoms with Crippen LogP contribution in [0.5, 0.6) is 5.75 Å². The number of rotatable bonds is 7. The number of nitro groups is 1. The fourth-order valence-corrected chi connectivity index (χ4v) is 4.40. The zero-order valence-electron chi connectivity index (χ0n) is 17.1. The number of aromatic nitrogens is 2. The minimum absolute atomic E-state index is 0.0874. The molecule has 2 aromatic carbocycles. The van der Waals surface area contributed by atoms with Crippen molar-refractivity contribution in [3.63, 3.8) is 0 Å². The van der Waals surface area contributed by atoms with E-state index in [4.69, 9.17) is 32.7 Å². The van der Waals surface area contributed by atoms with Crippen LogP contribution in [0.2, 0.25) is 10.0 Å². The number of benzene rings is 2. The van der Waals surface area contributed by atoms with Gasteiger partial charge in [-0.05, 0) is 36.6 Å². The van der Waals surface area contributed by atoms with E-state index in [1.807, 2.05) is 4.57 Å². The number of fused-ring (bicyclic) bond motifs is 1. The van der Waals surface area contributed by atoms with Gasteiger partial charge in [-0.15, -0.1) is 0 Å². The lowest BCUT2D eigenvalue weighted by molar-refractivity contribution is -0.384. The van der Waals surface area contributed by atoms with E-state index in [2.05, 4.69) is 4.98 Å². The smallest absolute Gasteiger partial charge is 0.429 e. The van der Waals surface area contributed by atoms with E-state index in [1.165, 1.54) is 37.1 Å². The SMILES string of the molecule is O=C(Oc1ccc([N+](=O)[O-])cc1)O[C@@H](CC1CCCC1)Cn1cnc2cc(Cl)c(Cl)cc21. The third kappa shape index (κ3) is 5.31. The average Bonchev–Trinajstić information content (AvgIpc) is 3.39. The van der Waals surface area contributed by atoms with Crippen molar-refractivity contribution in [2.45, 2.75) is 44.8 Å². The molecule has 1 fully saturated rings. The van der Waals surface area contributed by atoms with Crippen molar-refractivity contribution < 1.29 is 19.2 Å². The van der Waals surface area contributed by atoms with Crippen molar-refractivity contribution in [3.05, 3.63) is 62.9 Å². The van der Waals surface area contributed by atoms with E-state index in [9.17, 15) is 14.9 Å². The Morgan fingerprint density at radius 1 is 1.19 bits per heavy atom. The highest BCUT2D eigenvalue weighted by atomic mass is 35.5. The minimum Gasteiger partial charge on any atom is -0.429 e. The molecule has 1 aliphatic rings. The standard InChI is InChI=1S/C22H21Cl2N3O5/c23-18-10-20-21(11-19(18)24)26(13-25-20)12-17(9-14-3-1-2-4-14)32-22(28)31-16-7-5-15(6-8-16)27(29)30/h5-8,10-11,13-14,17H,1-4,9,12H2/t17-/m0/s1. The number of halogens is 2. The molecule has 0 radical (unpaired) electrons. The van der Waals surface area contributed by atoms with Crippen molar-refractivity contribution in [1.82, 2.24) is 9.55 Å². The Balaban J connectivity index is 1.48. The topological polar surface area (TPSA) is 96.5 Å². The fourth-order valence-electron chi connectivity index (χ4n) is 4.09. The van der Waals surface area contributed by atoms with Crippen LogP contribution in [0.4, 0.5) is 10.5 Å². The summed E-state index contributed by atoms with van der Waals surface area (Å²) in [6, 6.07) is 8.71. The second kappa shape index (κ2) is 9.75. The molecule has 3 aromatic rings. The summed E-state index contributed by atoms with van der Waals surface area (Å²) in [5, 5.41) is 11.6. The molecule has 8 nitrogen and oxygen atoms in total. The van der Waals surface area contributed by atoms with Crippen LogP contribution in [0.3, 0.4) is 0 Å². The molecule has 32 heavy (non-hydrogen) atoms. The fraction of sp³-hybridized carbons (Fsp3) is 0.364. The van der Waals surface area contributed by atoms with Gasteiger partial charge in [0.25, 0.3) is 5.69 Å². The number of nitro benzene ring substituents is 1. The highest BCUT2D eigenvalue weighted by Gasteiger charge is 2.25. The van der Waals surface area contributed by atoms with Crippen molar-refractivity contribution in [2.75, 3.05) is 0 Å². The zero-order chi connectivity index (χ0) is 22.7. The Kier molecular flexibility index (Phi) is 6.81. The molecule has 0 N–H and O–H groups in total. The summed E-state index contributed by atoms with van der Waals surface area (Å²) in [5.74, 6) is 0.648. The second-order valence-electron chi connectivity index (χ2n) is 7.88. The van der Waals surface area contributed by atoms with E-state index in [-0.39, 0.29) is 11.4 Å². The number of nitrogens with zero attached hydrogens (tertiary/aromatic N) is 3. The van der Waals surface area contributed by atoms with Crippen LogP contribution in [0.1, 0.15) is 32.1 Å². The summed E-state index contributed by atoms with van der Waals surface area (Å²) in [5.41, 5.74) is 1.41. The number of carbonyl (C=O) groups excluding carboxylic acids is 1. The third-order valence-corrected chi connectivity index (χ3v) is 6.37. The quantitative estimate of drug-likeness (QED) is 0.168. The highest BCUT2D eigenvalue weighted by Crippen LogP contribution is 2.31. The van der Waals surface area contributed by atoms with Gasteiger partial charge in [-0.25, -0.2) is 9.78 Å². The molecule has 1 aromatic heterocycles. The van der Waals surface area contributed by atoms with Crippen molar-refractivity contribution in [2.24, 2.45) is 5.92 Å². The van der Waals surface area contributed by atoms with Crippen LogP contribution >= 0.6 is 23.2 Å². The van der Waals surface area contributed by atoms with Crippen molar-refractivity contribution in [1.29, 1.82) is 0 Å². The van der Waals surface area contributed by atoms with Gasteiger partial charge in [-0.3, -0.25) is 10.1 Å². The van der Waals surface area contributed by atoms with Crippen LogP contribution in [0.25, 0.3) is 11.0 Å². The van der Waals surface area contributed by atoms with Gasteiger partial charge in [0.1, 0.15) is 11.9 Å². The first-order chi connectivity index (χ1) is 15.4. The summed E-state index contributed by atoms with van der Waals surface area (Å²) >= 11 is 12.3. The van der Waals surface area contributed by atoms with E-state index < -0.39 is 17.2 Å². The Hall–Kier alpha value is -2.84. The van der Waals surface area contributed by atoms with Crippen molar-refractivity contribution >= 4 is 46.1 Å². The predicted octanol–water partition coefficient (Wildman–Crippen LogP) is 6.42. The molecule has 1 heterocycles. The first-order valence-electron chi connectivity index (χ1n) is 10.3. The maximum atomic E-state index is 12.5. The highest BCUT2D eigenvalue weighted by molar-refractivity contribution is 6.42. The van der Waals surface area contributed by atoms with E-state index in [0.29, 0.717) is 34.4 Å². The third-order valence-electron chi connectivity index (χ3n) is 5.65. The monoisotopic (exact) mass is 477 g/mol. The predicted molar refractivity (Wildman–Crippen MR) is 120 cm³/mol. The van der Waals surface area contributed by atoms with Gasteiger partial charge in [0.15, 0.2) is 0 Å². The molecule has 0 unspecified atom stereocenters. The molecule has 0 amide bonds. The van der Waals surface area contributed by atoms with Crippen LogP contribution in [-0.4, -0.2) is 26.7 Å². The van der Waals surface area contributed by atoms with Crippen LogP contribution in [0, 0.1) is 16.0 Å². The number of non-ortho nitro benzene ring substituents is 1. The first-order valence-corrected chi connectivity index (χ1v) is 11.1. The number of hydrogen-bond acceptors (Lipinski definition) is 6. The number of carbonyl (C=O) groups is 1. The molecule has 0 bridgehead atoms. The summed E-state index contributed by atoms with van der Waals surface area (Å²) in [4.78, 5) is 27.1. The number of ether oxygens (including phenoxy) is 2. The summed E-state index contributed by atoms with van der Waals surface area (Å²) < 4.78 is 12.8. The molecule has 1 aliphatic carbocycles. The maximum absolute atomic E-state index is 12.5. The molecule has 0 aliphatic heterocycles. The number of imidazole rings is 1. The van der Waals surface area contributed by atoms with Gasteiger partial charge < -0.3 is 14.0 Å². The molecule has 4 rings (SSSR count). The van der Waals surface area contributed by atoms with Crippen LogP contribution in [-0.2, 0) is 11.3 Å². The molecular weight excluding hydrogens is 457 g/mol. The van der Waals surface area contributed by atoms with Crippen LogP contribution in [0.15, 0.2) is 42.7 Å². The van der Waals surface area contributed by atoms with Gasteiger partial charge in [0.2, 0.25) is 0 Å². The second-order valence-corrected chi connectivity index (χ2v) is 8.70. The first kappa shape index (κ1) is 22.4. The Morgan fingerprint density at radius 2 is 1.88 bits per heavy atom. The molecular formula is C22H21Cl2N3O5. The van der Waals surface area contributed by atoms with E-state index in [0.717, 1.165) is 18.4 Å². The summed E-state index contributed by atoms with van der Waals surface area (Å²) in [6.45, 7) is 0.389. The van der Waals surface area contributed by atoms with E-state index >= 15 is 0 Å².